The van der Waals surface area contributed by atoms with Crippen LogP contribution in [-0.2, 0) is 74.9 Å². The van der Waals surface area contributed by atoms with Crippen LogP contribution < -0.4 is 41.0 Å². The van der Waals surface area contributed by atoms with Crippen LogP contribution in [0.4, 0.5) is 10.5 Å². The third-order valence-corrected chi connectivity index (χ3v) is 13.3. The van der Waals surface area contributed by atoms with Gasteiger partial charge in [0.2, 0.25) is 30.8 Å². The van der Waals surface area contributed by atoms with Crippen molar-refractivity contribution in [3.63, 3.8) is 0 Å². The molecule has 4 unspecified atom stereocenters. The molecule has 7 atom stereocenters. The van der Waals surface area contributed by atoms with E-state index in [1.165, 1.54) is 35.8 Å². The summed E-state index contributed by atoms with van der Waals surface area (Å²) in [6, 6.07) is 8.83. The van der Waals surface area contributed by atoms with Crippen LogP contribution in [0, 0.1) is 0 Å². The molecule has 1 saturated heterocycles. The zero-order valence-corrected chi connectivity index (χ0v) is 39.5. The van der Waals surface area contributed by atoms with E-state index in [4.69, 9.17) is 38.5 Å². The molecule has 26 nitrogen and oxygen atoms in total. The van der Waals surface area contributed by atoms with Crippen molar-refractivity contribution in [2.75, 3.05) is 31.5 Å². The average Bonchev–Trinajstić information content (AvgIpc) is 3.97. The van der Waals surface area contributed by atoms with Crippen molar-refractivity contribution in [3.05, 3.63) is 74.6 Å². The molecule has 8 rings (SSSR count). The summed E-state index contributed by atoms with van der Waals surface area (Å²) in [5.41, 5.74) is -0.158. The number of esters is 1. The molecule has 4 amide bonds. The second-order valence-corrected chi connectivity index (χ2v) is 18.3. The second-order valence-electron chi connectivity index (χ2n) is 17.2. The van der Waals surface area contributed by atoms with Gasteiger partial charge in [0, 0.05) is 55.1 Å². The standard InChI is InChI=1S/C46H48N6O20S/c1-46(66)24-11-27-35-22(15-52(27)41(61)23(24)17-67-44(46)64)21(20-10-29-30(70-18-69-29)12-25(20)51-35)14-49-45(65)68-16-19-3-4-28(71-43-38(59)36(57)37(58)39(72-43)42(62)63)26(9-19)50-33(54)6-7-47-32(53)5-8-48-40(60)31(73-2)13-34(55)56/h3-4,9-12,31,36-39,43,57-59,66H,5-8,13-18H2,1-2H3,(H,47,53)(H,48,60)(H,49,65)(H,50,54)(H,55,56)(H,62,63)/t31?,36?,37-,38?,39?,43+,46-/m0/s1. The Hall–Kier alpha value is -7.56. The number of carbonyl (C=O) groups excluding carboxylic acids is 5. The van der Waals surface area contributed by atoms with Crippen LogP contribution in [-0.4, -0.2) is 144 Å². The summed E-state index contributed by atoms with van der Waals surface area (Å²) in [7, 11) is 0. The smallest absolute Gasteiger partial charge is 0.407 e. The number of aromatic nitrogens is 2. The van der Waals surface area contributed by atoms with Crippen LogP contribution in [0.15, 0.2) is 41.2 Å². The van der Waals surface area contributed by atoms with Gasteiger partial charge in [-0.2, -0.15) is 11.8 Å². The molecule has 0 spiro atoms. The molecule has 0 bridgehead atoms. The van der Waals surface area contributed by atoms with E-state index < -0.39 is 102 Å². The average molecular weight is 1040 g/mol. The van der Waals surface area contributed by atoms with Crippen LogP contribution in [0.2, 0.25) is 0 Å². The molecule has 10 N–H and O–H groups in total. The normalized spacial score (nSPS) is 21.7. The minimum Gasteiger partial charge on any atom is -0.481 e. The zero-order valence-electron chi connectivity index (χ0n) is 38.7. The Labute approximate surface area is 415 Å². The first-order valence-corrected chi connectivity index (χ1v) is 23.7. The molecule has 0 aliphatic carbocycles. The van der Waals surface area contributed by atoms with Crippen molar-refractivity contribution in [1.82, 2.24) is 25.5 Å². The number of aliphatic hydroxyl groups excluding tert-OH is 3. The minimum atomic E-state index is -2.11. The molecular weight excluding hydrogens is 989 g/mol. The Bertz CT molecular complexity index is 2980. The number of pyridine rings is 2. The van der Waals surface area contributed by atoms with Gasteiger partial charge in [0.1, 0.15) is 37.3 Å². The van der Waals surface area contributed by atoms with Gasteiger partial charge in [0.25, 0.3) is 5.56 Å². The number of carbonyl (C=O) groups is 7. The molecule has 6 heterocycles. The first-order valence-electron chi connectivity index (χ1n) is 22.4. The van der Waals surface area contributed by atoms with Crippen molar-refractivity contribution in [2.45, 2.75) is 94.0 Å². The number of carboxylic acids is 2. The molecule has 4 aromatic rings. The van der Waals surface area contributed by atoms with Gasteiger partial charge in [-0.15, -0.1) is 0 Å². The predicted molar refractivity (Wildman–Crippen MR) is 248 cm³/mol. The third kappa shape index (κ3) is 10.8. The molecule has 4 aliphatic rings. The number of cyclic esters (lactones) is 1. The van der Waals surface area contributed by atoms with E-state index in [9.17, 15) is 63.9 Å². The van der Waals surface area contributed by atoms with Crippen LogP contribution in [0.1, 0.15) is 54.0 Å². The van der Waals surface area contributed by atoms with Crippen LogP contribution >= 0.6 is 11.8 Å². The molecule has 2 aromatic carbocycles. The highest BCUT2D eigenvalue weighted by Crippen LogP contribution is 2.43. The highest BCUT2D eigenvalue weighted by Gasteiger charge is 2.48. The Morgan fingerprint density at radius 3 is 2.36 bits per heavy atom. The van der Waals surface area contributed by atoms with Gasteiger partial charge >= 0.3 is 24.0 Å². The lowest BCUT2D eigenvalue weighted by molar-refractivity contribution is -0.271. The molecule has 27 heteroatoms. The molecular formula is C46H48N6O20S. The minimum absolute atomic E-state index is 0.00108. The Morgan fingerprint density at radius 2 is 1.63 bits per heavy atom. The Kier molecular flexibility index (Phi) is 15.1. The first kappa shape index (κ1) is 51.8. The lowest BCUT2D eigenvalue weighted by atomic mass is 9.89. The molecule has 388 valence electrons. The maximum absolute atomic E-state index is 13.8. The SMILES string of the molecule is CSC(CC(=O)O)C(=O)NCCC(=O)NCCC(=O)Nc1cc(COC(=O)NCc2c3c(nc4cc5c(cc24)OCO5)-c2cc4c(c(=O)n2C3)COC(=O)[C@@]4(C)O)ccc1O[C@@H]1OC(C(=O)O)[C@@H](O)C(O)C1O. The number of aliphatic hydroxyl groups is 4. The van der Waals surface area contributed by atoms with E-state index in [1.807, 2.05) is 0 Å². The fraction of sp³-hybridized carbons (Fsp3) is 0.413. The Morgan fingerprint density at radius 1 is 0.904 bits per heavy atom. The summed E-state index contributed by atoms with van der Waals surface area (Å²) >= 11 is 1.04. The number of amides is 4. The van der Waals surface area contributed by atoms with Crippen molar-refractivity contribution in [1.29, 1.82) is 0 Å². The van der Waals surface area contributed by atoms with Crippen LogP contribution in [0.25, 0.3) is 22.3 Å². The first-order chi connectivity index (χ1) is 34.7. The summed E-state index contributed by atoms with van der Waals surface area (Å²) in [4.78, 5) is 105. The fourth-order valence-electron chi connectivity index (χ4n) is 8.48. The number of nitrogens with zero attached hydrogens (tertiary/aromatic N) is 2. The van der Waals surface area contributed by atoms with E-state index in [-0.39, 0.29) is 80.5 Å². The summed E-state index contributed by atoms with van der Waals surface area (Å²) in [5, 5.41) is 70.8. The number of hydrogen-bond acceptors (Lipinski definition) is 20. The quantitative estimate of drug-likeness (QED) is 0.0484. The number of aliphatic carboxylic acids is 2. The van der Waals surface area contributed by atoms with Gasteiger partial charge in [-0.25, -0.2) is 19.4 Å². The summed E-state index contributed by atoms with van der Waals surface area (Å²) in [6.07, 6.45) is -10.2. The fourth-order valence-corrected chi connectivity index (χ4v) is 9.09. The van der Waals surface area contributed by atoms with Gasteiger partial charge in [0.15, 0.2) is 23.2 Å². The van der Waals surface area contributed by atoms with Crippen LogP contribution in [0.3, 0.4) is 0 Å². The Balaban J connectivity index is 0.966. The molecule has 0 saturated carbocycles. The number of anilines is 1. The number of ether oxygens (including phenoxy) is 6. The van der Waals surface area contributed by atoms with Crippen LogP contribution in [0.5, 0.6) is 17.2 Å². The molecule has 2 aromatic heterocycles. The molecule has 0 radical (unpaired) electrons. The van der Waals surface area contributed by atoms with E-state index in [0.29, 0.717) is 44.9 Å². The van der Waals surface area contributed by atoms with Gasteiger partial charge in [-0.1, -0.05) is 6.07 Å². The monoisotopic (exact) mass is 1040 g/mol. The van der Waals surface area contributed by atoms with Gasteiger partial charge in [-0.05, 0) is 48.6 Å². The van der Waals surface area contributed by atoms with E-state index >= 15 is 0 Å². The highest BCUT2D eigenvalue weighted by atomic mass is 32.2. The number of thioether (sulfide) groups is 1. The zero-order chi connectivity index (χ0) is 52.5. The molecule has 73 heavy (non-hydrogen) atoms. The maximum Gasteiger partial charge on any atom is 0.407 e. The summed E-state index contributed by atoms with van der Waals surface area (Å²) in [6.45, 7) is -0.0484. The number of rotatable bonds is 18. The number of hydrogen-bond donors (Lipinski definition) is 10. The van der Waals surface area contributed by atoms with Gasteiger partial charge in [0.05, 0.1) is 46.4 Å². The van der Waals surface area contributed by atoms with Gasteiger partial charge in [-0.3, -0.25) is 24.0 Å². The molecule has 4 aliphatic heterocycles. The van der Waals surface area contributed by atoms with Gasteiger partial charge < -0.3 is 84.9 Å². The summed E-state index contributed by atoms with van der Waals surface area (Å²) in [5.74, 6) is -4.96. The number of benzene rings is 2. The van der Waals surface area contributed by atoms with Crippen molar-refractivity contribution in [2.24, 2.45) is 0 Å². The topological polar surface area (TPSA) is 379 Å². The third-order valence-electron chi connectivity index (χ3n) is 12.3. The van der Waals surface area contributed by atoms with E-state index in [2.05, 4.69) is 21.3 Å². The largest absolute Gasteiger partial charge is 0.481 e. The maximum atomic E-state index is 13.8. The van der Waals surface area contributed by atoms with E-state index in [0.717, 1.165) is 11.8 Å². The molecule has 1 fully saturated rings. The summed E-state index contributed by atoms with van der Waals surface area (Å²) < 4.78 is 34.3. The lowest BCUT2D eigenvalue weighted by Crippen LogP contribution is -2.61. The van der Waals surface area contributed by atoms with E-state index in [1.54, 1.807) is 18.4 Å². The number of fused-ring (bicyclic) bond motifs is 6. The number of nitrogens with one attached hydrogen (secondary N) is 4. The van der Waals surface area contributed by atoms with Crippen molar-refractivity contribution in [3.8, 4) is 28.6 Å². The second kappa shape index (κ2) is 21.3. The van der Waals surface area contributed by atoms with Crippen molar-refractivity contribution >= 4 is 70.1 Å². The number of carboxylic acid groups (broad SMARTS) is 2. The highest BCUT2D eigenvalue weighted by molar-refractivity contribution is 7.99. The number of alkyl carbamates (subject to hydrolysis) is 1. The predicted octanol–water partition coefficient (Wildman–Crippen LogP) is -0.727. The lowest BCUT2D eigenvalue weighted by Gasteiger charge is -2.38. The van der Waals surface area contributed by atoms with Crippen molar-refractivity contribution < 1.29 is 92.6 Å².